The Labute approximate surface area is 150 Å². The van der Waals surface area contributed by atoms with Gasteiger partial charge < -0.3 is 9.74 Å². The minimum absolute atomic E-state index is 0.103. The van der Waals surface area contributed by atoms with Gasteiger partial charge >= 0.3 is 0 Å². The number of hydrogen-bond acceptors (Lipinski definition) is 2. The molecule has 0 aliphatic heterocycles. The third-order valence-electron chi connectivity index (χ3n) is 4.41. The minimum Gasteiger partial charge on any atom is -0.543 e. The summed E-state index contributed by atoms with van der Waals surface area (Å²) in [6.45, 7) is 11.0. The molecule has 0 saturated heterocycles. The van der Waals surface area contributed by atoms with Crippen LogP contribution in [-0.4, -0.2) is 13.3 Å². The molecule has 0 bridgehead atoms. The first-order valence-corrected chi connectivity index (χ1v) is 11.3. The van der Waals surface area contributed by atoms with Gasteiger partial charge in [0, 0.05) is 11.3 Å². The standard InChI is InChI=1S/C19H24FNOSSi/c1-19(2,3)24(4,5)22-17-9-7-6-8-16(17)18(23)21-15-12-10-14(20)11-13-15/h6-13H,1-5H3,(H,21,23). The summed E-state index contributed by atoms with van der Waals surface area (Å²) in [5.74, 6) is 0.525. The molecule has 0 aliphatic carbocycles. The molecule has 0 spiro atoms. The number of thiocarbonyl (C=S) groups is 1. The Balaban J connectivity index is 2.25. The van der Waals surface area contributed by atoms with E-state index in [0.717, 1.165) is 17.0 Å². The third kappa shape index (κ3) is 4.42. The van der Waals surface area contributed by atoms with Crippen molar-refractivity contribution in [2.75, 3.05) is 5.32 Å². The van der Waals surface area contributed by atoms with Crippen LogP contribution in [0.4, 0.5) is 10.1 Å². The quantitative estimate of drug-likeness (QED) is 0.533. The van der Waals surface area contributed by atoms with Gasteiger partial charge in [0.05, 0.1) is 0 Å². The predicted octanol–water partition coefficient (Wildman–Crippen LogP) is 6.00. The maximum atomic E-state index is 13.0. The van der Waals surface area contributed by atoms with Crippen molar-refractivity contribution in [2.24, 2.45) is 0 Å². The first-order chi connectivity index (χ1) is 11.1. The lowest BCUT2D eigenvalue weighted by Crippen LogP contribution is -2.44. The topological polar surface area (TPSA) is 21.3 Å². The van der Waals surface area contributed by atoms with E-state index >= 15 is 0 Å². The maximum absolute atomic E-state index is 13.0. The number of para-hydroxylation sites is 1. The summed E-state index contributed by atoms with van der Waals surface area (Å²) in [6, 6.07) is 13.9. The van der Waals surface area contributed by atoms with E-state index in [4.69, 9.17) is 16.6 Å². The average molecular weight is 362 g/mol. The molecule has 128 valence electrons. The molecule has 2 aromatic rings. The van der Waals surface area contributed by atoms with Crippen molar-refractivity contribution in [3.8, 4) is 5.75 Å². The van der Waals surface area contributed by atoms with E-state index < -0.39 is 8.32 Å². The molecule has 2 aromatic carbocycles. The van der Waals surface area contributed by atoms with Gasteiger partial charge in [0.1, 0.15) is 16.6 Å². The Morgan fingerprint density at radius 1 is 1.04 bits per heavy atom. The number of halogens is 1. The lowest BCUT2D eigenvalue weighted by molar-refractivity contribution is 0.491. The zero-order chi connectivity index (χ0) is 18.0. The summed E-state index contributed by atoms with van der Waals surface area (Å²) in [4.78, 5) is 0.566. The number of rotatable bonds is 4. The zero-order valence-corrected chi connectivity index (χ0v) is 16.6. The number of hydrogen-bond donors (Lipinski definition) is 1. The summed E-state index contributed by atoms with van der Waals surface area (Å²) in [5, 5.41) is 3.25. The van der Waals surface area contributed by atoms with Crippen molar-refractivity contribution in [1.29, 1.82) is 0 Å². The van der Waals surface area contributed by atoms with Crippen molar-refractivity contribution >= 4 is 31.2 Å². The lowest BCUT2D eigenvalue weighted by Gasteiger charge is -2.37. The molecule has 0 aliphatic rings. The van der Waals surface area contributed by atoms with E-state index in [-0.39, 0.29) is 10.9 Å². The molecule has 0 aromatic heterocycles. The zero-order valence-electron chi connectivity index (χ0n) is 14.8. The molecular weight excluding hydrogens is 337 g/mol. The second kappa shape index (κ2) is 7.03. The minimum atomic E-state index is -1.96. The van der Waals surface area contributed by atoms with E-state index in [1.807, 2.05) is 24.3 Å². The predicted molar refractivity (Wildman–Crippen MR) is 106 cm³/mol. The van der Waals surface area contributed by atoms with Crippen molar-refractivity contribution in [3.05, 3.63) is 59.9 Å². The molecular formula is C19H24FNOSSi. The third-order valence-corrected chi connectivity index (χ3v) is 9.07. The Morgan fingerprint density at radius 2 is 1.62 bits per heavy atom. The van der Waals surface area contributed by atoms with Crippen LogP contribution in [0.5, 0.6) is 5.75 Å². The molecule has 5 heteroatoms. The SMILES string of the molecule is CC(C)(C)[Si](C)(C)Oc1ccccc1C(=S)Nc1ccc(F)cc1. The maximum Gasteiger partial charge on any atom is 0.250 e. The van der Waals surface area contributed by atoms with Gasteiger partial charge in [-0.2, -0.15) is 0 Å². The van der Waals surface area contributed by atoms with E-state index in [1.165, 1.54) is 12.1 Å². The summed E-state index contributed by atoms with van der Waals surface area (Å²) in [7, 11) is -1.96. The highest BCUT2D eigenvalue weighted by molar-refractivity contribution is 7.81. The number of anilines is 1. The highest BCUT2D eigenvalue weighted by atomic mass is 32.1. The van der Waals surface area contributed by atoms with E-state index in [1.54, 1.807) is 12.1 Å². The largest absolute Gasteiger partial charge is 0.543 e. The van der Waals surface area contributed by atoms with Crippen LogP contribution in [0.15, 0.2) is 48.5 Å². The number of nitrogens with one attached hydrogen (secondary N) is 1. The fourth-order valence-electron chi connectivity index (χ4n) is 1.90. The van der Waals surface area contributed by atoms with Gasteiger partial charge in [0.25, 0.3) is 8.32 Å². The molecule has 0 amide bonds. The summed E-state index contributed by atoms with van der Waals surface area (Å²) >= 11 is 5.54. The van der Waals surface area contributed by atoms with Crippen LogP contribution in [0.1, 0.15) is 26.3 Å². The second-order valence-corrected chi connectivity index (χ2v) is 12.5. The van der Waals surface area contributed by atoms with Crippen molar-refractivity contribution in [1.82, 2.24) is 0 Å². The fraction of sp³-hybridized carbons (Fsp3) is 0.316. The lowest BCUT2D eigenvalue weighted by atomic mass is 10.2. The Morgan fingerprint density at radius 3 is 2.21 bits per heavy atom. The van der Waals surface area contributed by atoms with Crippen LogP contribution in [0.3, 0.4) is 0 Å². The second-order valence-electron chi connectivity index (χ2n) is 7.32. The van der Waals surface area contributed by atoms with Crippen molar-refractivity contribution in [3.63, 3.8) is 0 Å². The monoisotopic (exact) mass is 361 g/mol. The van der Waals surface area contributed by atoms with Gasteiger partial charge in [0.15, 0.2) is 0 Å². The highest BCUT2D eigenvalue weighted by Crippen LogP contribution is 2.38. The normalized spacial score (nSPS) is 11.9. The van der Waals surface area contributed by atoms with Gasteiger partial charge in [-0.05, 0) is 54.5 Å². The Bertz CT molecular complexity index is 723. The molecule has 0 unspecified atom stereocenters. The summed E-state index contributed by atoms with van der Waals surface area (Å²) in [5.41, 5.74) is 1.60. The summed E-state index contributed by atoms with van der Waals surface area (Å²) < 4.78 is 19.5. The van der Waals surface area contributed by atoms with Gasteiger partial charge in [-0.1, -0.05) is 45.1 Å². The molecule has 1 N–H and O–H groups in total. The average Bonchev–Trinajstić information content (AvgIpc) is 2.48. The van der Waals surface area contributed by atoms with E-state index in [9.17, 15) is 4.39 Å². The molecule has 0 fully saturated rings. The number of benzene rings is 2. The smallest absolute Gasteiger partial charge is 0.250 e. The molecule has 0 heterocycles. The van der Waals surface area contributed by atoms with Gasteiger partial charge in [-0.25, -0.2) is 4.39 Å². The molecule has 0 saturated carbocycles. The molecule has 24 heavy (non-hydrogen) atoms. The van der Waals surface area contributed by atoms with Crippen molar-refractivity contribution in [2.45, 2.75) is 38.9 Å². The first-order valence-electron chi connectivity index (χ1n) is 7.95. The van der Waals surface area contributed by atoms with Gasteiger partial charge in [-0.15, -0.1) is 0 Å². The van der Waals surface area contributed by atoms with Gasteiger partial charge in [-0.3, -0.25) is 0 Å². The van der Waals surface area contributed by atoms with Crippen LogP contribution in [-0.2, 0) is 0 Å². The van der Waals surface area contributed by atoms with Crippen molar-refractivity contribution < 1.29 is 8.82 Å². The highest BCUT2D eigenvalue weighted by Gasteiger charge is 2.39. The van der Waals surface area contributed by atoms with Crippen LogP contribution in [0, 0.1) is 5.82 Å². The molecule has 2 nitrogen and oxygen atoms in total. The van der Waals surface area contributed by atoms with Crippen LogP contribution < -0.4 is 9.74 Å². The Kier molecular flexibility index (Phi) is 5.45. The van der Waals surface area contributed by atoms with Gasteiger partial charge in [0.2, 0.25) is 0 Å². The van der Waals surface area contributed by atoms with Crippen LogP contribution in [0.25, 0.3) is 0 Å². The Hall–Kier alpha value is -1.72. The van der Waals surface area contributed by atoms with Crippen LogP contribution >= 0.6 is 12.2 Å². The van der Waals surface area contributed by atoms with Crippen LogP contribution in [0.2, 0.25) is 18.1 Å². The summed E-state index contributed by atoms with van der Waals surface area (Å²) in [6.07, 6.45) is 0. The fourth-order valence-corrected chi connectivity index (χ4v) is 3.22. The van der Waals surface area contributed by atoms with E-state index in [2.05, 4.69) is 39.2 Å². The molecule has 0 atom stereocenters. The van der Waals surface area contributed by atoms with E-state index in [0.29, 0.717) is 4.99 Å². The molecule has 0 radical (unpaired) electrons. The molecule has 2 rings (SSSR count). The first kappa shape index (κ1) is 18.6.